The van der Waals surface area contributed by atoms with Crippen molar-refractivity contribution in [3.8, 4) is 0 Å². The van der Waals surface area contributed by atoms with Crippen molar-refractivity contribution < 1.29 is 29.1 Å². The number of fused-ring (bicyclic) bond motifs is 1. The van der Waals surface area contributed by atoms with E-state index in [2.05, 4.69) is 20.9 Å². The van der Waals surface area contributed by atoms with Crippen LogP contribution in [0.3, 0.4) is 0 Å². The van der Waals surface area contributed by atoms with Gasteiger partial charge in [0, 0.05) is 23.5 Å². The number of aromatic nitrogens is 1. The molecule has 0 saturated carbocycles. The first-order chi connectivity index (χ1) is 20.6. The number of aromatic amines is 1. The topological polar surface area (TPSA) is 236 Å². The number of amides is 4. The highest BCUT2D eigenvalue weighted by Crippen LogP contribution is 2.19. The number of carboxylic acids is 1. The molecule has 4 atom stereocenters. The minimum atomic E-state index is -1.59. The zero-order valence-corrected chi connectivity index (χ0v) is 23.8. The van der Waals surface area contributed by atoms with Gasteiger partial charge in [-0.05, 0) is 49.4 Å². The van der Waals surface area contributed by atoms with E-state index < -0.39 is 60.2 Å². The zero-order chi connectivity index (χ0) is 31.4. The SMILES string of the molecule is NCCCC[C@H](NC(=O)[C@@H](N)Cc1ccccc1)C(=O)N[C@@H](Cc1c[nH]c2ccccc12)C(=O)N[C@@H](CC(N)=O)C(=O)O. The lowest BCUT2D eigenvalue weighted by Crippen LogP contribution is -2.58. The predicted molar refractivity (Wildman–Crippen MR) is 160 cm³/mol. The molecule has 2 aromatic carbocycles. The molecule has 11 N–H and O–H groups in total. The van der Waals surface area contributed by atoms with Gasteiger partial charge < -0.3 is 43.2 Å². The van der Waals surface area contributed by atoms with Crippen molar-refractivity contribution in [3.63, 3.8) is 0 Å². The van der Waals surface area contributed by atoms with Crippen LogP contribution in [0.2, 0.25) is 0 Å². The smallest absolute Gasteiger partial charge is 0.326 e. The van der Waals surface area contributed by atoms with Gasteiger partial charge in [-0.25, -0.2) is 4.79 Å². The number of rotatable bonds is 17. The maximum absolute atomic E-state index is 13.6. The summed E-state index contributed by atoms with van der Waals surface area (Å²) in [6, 6.07) is 11.7. The van der Waals surface area contributed by atoms with Crippen molar-refractivity contribution in [2.75, 3.05) is 6.54 Å². The van der Waals surface area contributed by atoms with Gasteiger partial charge in [0.2, 0.25) is 23.6 Å². The molecule has 0 radical (unpaired) electrons. The molecule has 13 nitrogen and oxygen atoms in total. The van der Waals surface area contributed by atoms with Crippen LogP contribution in [0.5, 0.6) is 0 Å². The second-order valence-corrected chi connectivity index (χ2v) is 10.3. The first-order valence-electron chi connectivity index (χ1n) is 14.1. The first kappa shape index (κ1) is 32.8. The number of benzene rings is 2. The van der Waals surface area contributed by atoms with E-state index >= 15 is 0 Å². The van der Waals surface area contributed by atoms with E-state index in [1.807, 2.05) is 54.6 Å². The van der Waals surface area contributed by atoms with E-state index in [0.717, 1.165) is 16.5 Å². The number of nitrogens with two attached hydrogens (primary N) is 3. The maximum atomic E-state index is 13.6. The van der Waals surface area contributed by atoms with E-state index in [0.29, 0.717) is 24.9 Å². The lowest BCUT2D eigenvalue weighted by Gasteiger charge is -2.25. The van der Waals surface area contributed by atoms with Gasteiger partial charge >= 0.3 is 5.97 Å². The van der Waals surface area contributed by atoms with Crippen LogP contribution in [0.4, 0.5) is 0 Å². The Morgan fingerprint density at radius 2 is 1.42 bits per heavy atom. The first-order valence-corrected chi connectivity index (χ1v) is 14.1. The number of carboxylic acid groups (broad SMARTS) is 1. The van der Waals surface area contributed by atoms with E-state index in [9.17, 15) is 29.1 Å². The van der Waals surface area contributed by atoms with Crippen LogP contribution in [-0.2, 0) is 36.8 Å². The second kappa shape index (κ2) is 16.0. The third kappa shape index (κ3) is 9.94. The molecule has 0 spiro atoms. The van der Waals surface area contributed by atoms with E-state index in [4.69, 9.17) is 17.2 Å². The van der Waals surface area contributed by atoms with Gasteiger partial charge in [0.15, 0.2) is 0 Å². The Labute approximate surface area is 248 Å². The van der Waals surface area contributed by atoms with Crippen molar-refractivity contribution in [1.29, 1.82) is 0 Å². The van der Waals surface area contributed by atoms with Crippen molar-refractivity contribution in [1.82, 2.24) is 20.9 Å². The average molecular weight is 594 g/mol. The van der Waals surface area contributed by atoms with Crippen molar-refractivity contribution >= 4 is 40.5 Å². The van der Waals surface area contributed by atoms with Crippen molar-refractivity contribution in [2.24, 2.45) is 17.2 Å². The number of aliphatic carboxylic acids is 1. The Morgan fingerprint density at radius 1 is 0.791 bits per heavy atom. The summed E-state index contributed by atoms with van der Waals surface area (Å²) < 4.78 is 0. The number of hydrogen-bond donors (Lipinski definition) is 8. The maximum Gasteiger partial charge on any atom is 0.326 e. The summed E-state index contributed by atoms with van der Waals surface area (Å²) in [6.07, 6.45) is 2.65. The molecular formula is C30H39N7O6. The molecule has 1 heterocycles. The number of H-pyrrole nitrogens is 1. The molecule has 3 rings (SSSR count). The monoisotopic (exact) mass is 593 g/mol. The van der Waals surface area contributed by atoms with Gasteiger partial charge in [0.25, 0.3) is 0 Å². The van der Waals surface area contributed by atoms with Crippen LogP contribution in [0.15, 0.2) is 60.8 Å². The van der Waals surface area contributed by atoms with Gasteiger partial charge in [-0.15, -0.1) is 0 Å². The fourth-order valence-electron chi connectivity index (χ4n) is 4.68. The highest BCUT2D eigenvalue weighted by Gasteiger charge is 2.31. The lowest BCUT2D eigenvalue weighted by atomic mass is 10.0. The highest BCUT2D eigenvalue weighted by atomic mass is 16.4. The molecule has 43 heavy (non-hydrogen) atoms. The number of carbonyl (C=O) groups excluding carboxylic acids is 4. The van der Waals surface area contributed by atoms with E-state index in [-0.39, 0.29) is 19.3 Å². The molecule has 13 heteroatoms. The summed E-state index contributed by atoms with van der Waals surface area (Å²) in [6.45, 7) is 0.387. The minimum absolute atomic E-state index is 0.0124. The molecule has 0 aliphatic rings. The Bertz CT molecular complexity index is 1410. The Morgan fingerprint density at radius 3 is 2.09 bits per heavy atom. The summed E-state index contributed by atoms with van der Waals surface area (Å²) in [5.74, 6) is -4.40. The van der Waals surface area contributed by atoms with Crippen LogP contribution >= 0.6 is 0 Å². The molecule has 230 valence electrons. The third-order valence-electron chi connectivity index (χ3n) is 6.97. The quantitative estimate of drug-likeness (QED) is 0.0975. The number of carbonyl (C=O) groups is 5. The van der Waals surface area contributed by atoms with Gasteiger partial charge in [0.05, 0.1) is 12.5 Å². The second-order valence-electron chi connectivity index (χ2n) is 10.3. The van der Waals surface area contributed by atoms with Crippen LogP contribution < -0.4 is 33.2 Å². The summed E-state index contributed by atoms with van der Waals surface area (Å²) >= 11 is 0. The zero-order valence-electron chi connectivity index (χ0n) is 23.8. The third-order valence-corrected chi connectivity index (χ3v) is 6.97. The molecule has 0 unspecified atom stereocenters. The van der Waals surface area contributed by atoms with Crippen LogP contribution in [0, 0.1) is 0 Å². The Kier molecular flexibility index (Phi) is 12.2. The molecule has 0 fully saturated rings. The number of para-hydroxylation sites is 1. The highest BCUT2D eigenvalue weighted by molar-refractivity contribution is 5.95. The van der Waals surface area contributed by atoms with Gasteiger partial charge in [0.1, 0.15) is 18.1 Å². The normalized spacial score (nSPS) is 13.8. The summed E-state index contributed by atoms with van der Waals surface area (Å²) in [5, 5.41) is 18.0. The number of hydrogen-bond acceptors (Lipinski definition) is 7. The van der Waals surface area contributed by atoms with E-state index in [1.54, 1.807) is 6.20 Å². The summed E-state index contributed by atoms with van der Waals surface area (Å²) in [5.41, 5.74) is 19.3. The van der Waals surface area contributed by atoms with Crippen molar-refractivity contribution in [3.05, 3.63) is 71.9 Å². The predicted octanol–water partition coefficient (Wildman–Crippen LogP) is -0.176. The summed E-state index contributed by atoms with van der Waals surface area (Å²) in [4.78, 5) is 66.2. The standard InChI is InChI=1S/C30H39N7O6/c31-13-7-6-12-23(35-27(39)21(32)14-18-8-2-1-3-9-18)28(40)36-24(29(41)37-25(30(42)43)16-26(33)38)15-19-17-34-22-11-5-4-10-20(19)22/h1-5,8-11,17,21,23-25,34H,6-7,12-16,31-32H2,(H2,33,38)(H,35,39)(H,36,40)(H,37,41)(H,42,43)/t21-,23-,24-,25-/m0/s1. The van der Waals surface area contributed by atoms with E-state index in [1.165, 1.54) is 0 Å². The molecule has 0 bridgehead atoms. The molecule has 4 amide bonds. The average Bonchev–Trinajstić information content (AvgIpc) is 3.38. The summed E-state index contributed by atoms with van der Waals surface area (Å²) in [7, 11) is 0. The fourth-order valence-corrected chi connectivity index (χ4v) is 4.68. The van der Waals surface area contributed by atoms with Gasteiger partial charge in [-0.2, -0.15) is 0 Å². The molecular weight excluding hydrogens is 554 g/mol. The molecule has 0 aliphatic heterocycles. The largest absolute Gasteiger partial charge is 0.480 e. The van der Waals surface area contributed by atoms with Gasteiger partial charge in [-0.1, -0.05) is 48.5 Å². The minimum Gasteiger partial charge on any atom is -0.480 e. The lowest BCUT2D eigenvalue weighted by molar-refractivity contribution is -0.143. The number of nitrogens with one attached hydrogen (secondary N) is 4. The molecule has 0 aliphatic carbocycles. The van der Waals surface area contributed by atoms with Crippen LogP contribution in [-0.4, -0.2) is 70.4 Å². The number of unbranched alkanes of at least 4 members (excludes halogenated alkanes) is 1. The Hall–Kier alpha value is -4.75. The van der Waals surface area contributed by atoms with Gasteiger partial charge in [-0.3, -0.25) is 19.2 Å². The number of primary amides is 1. The Balaban J connectivity index is 1.82. The van der Waals surface area contributed by atoms with Crippen LogP contribution in [0.25, 0.3) is 10.9 Å². The molecule has 0 saturated heterocycles. The molecule has 3 aromatic rings. The van der Waals surface area contributed by atoms with Crippen LogP contribution in [0.1, 0.15) is 36.8 Å². The molecule has 1 aromatic heterocycles. The fraction of sp³-hybridized carbons (Fsp3) is 0.367. The van der Waals surface area contributed by atoms with Crippen molar-refractivity contribution in [2.45, 2.75) is 62.7 Å².